The summed E-state index contributed by atoms with van der Waals surface area (Å²) in [5.74, 6) is 0.128. The van der Waals surface area contributed by atoms with E-state index in [2.05, 4.69) is 25.1 Å². The quantitative estimate of drug-likeness (QED) is 0.429. The van der Waals surface area contributed by atoms with Crippen molar-refractivity contribution in [2.24, 2.45) is 15.9 Å². The minimum atomic E-state index is 0.0470. The SMILES string of the molecule is N/C(=N\N=Cc1ccc2ccccc2c1)c1nonc1N. The van der Waals surface area contributed by atoms with Crippen LogP contribution < -0.4 is 11.5 Å². The second-order valence-electron chi connectivity index (χ2n) is 4.33. The molecule has 0 saturated heterocycles. The number of anilines is 1. The zero-order chi connectivity index (χ0) is 14.7. The zero-order valence-corrected chi connectivity index (χ0v) is 11.0. The van der Waals surface area contributed by atoms with Crippen molar-refractivity contribution >= 4 is 28.6 Å². The summed E-state index contributed by atoms with van der Waals surface area (Å²) in [6.45, 7) is 0. The third-order valence-corrected chi connectivity index (χ3v) is 2.90. The van der Waals surface area contributed by atoms with E-state index in [9.17, 15) is 0 Å². The van der Waals surface area contributed by atoms with Crippen molar-refractivity contribution in [3.05, 3.63) is 53.7 Å². The first-order valence-electron chi connectivity index (χ1n) is 6.18. The van der Waals surface area contributed by atoms with Gasteiger partial charge in [0.2, 0.25) is 0 Å². The molecule has 0 saturated carbocycles. The van der Waals surface area contributed by atoms with Crippen LogP contribution >= 0.6 is 0 Å². The maximum absolute atomic E-state index is 5.69. The van der Waals surface area contributed by atoms with Gasteiger partial charge >= 0.3 is 0 Å². The summed E-state index contributed by atoms with van der Waals surface area (Å²) in [6, 6.07) is 14.0. The van der Waals surface area contributed by atoms with E-state index in [4.69, 9.17) is 11.5 Å². The molecule has 3 rings (SSSR count). The van der Waals surface area contributed by atoms with E-state index >= 15 is 0 Å². The average molecular weight is 280 g/mol. The summed E-state index contributed by atoms with van der Waals surface area (Å²) in [5.41, 5.74) is 12.3. The standard InChI is InChI=1S/C14H12N6O/c15-13(12-14(16)20-21-19-12)18-17-8-9-5-6-10-3-1-2-4-11(10)7-9/h1-8H,(H2,15,18)(H2,16,20). The zero-order valence-electron chi connectivity index (χ0n) is 11.0. The molecule has 0 bridgehead atoms. The third-order valence-electron chi connectivity index (χ3n) is 2.90. The highest BCUT2D eigenvalue weighted by Gasteiger charge is 2.09. The monoisotopic (exact) mass is 280 g/mol. The van der Waals surface area contributed by atoms with Crippen molar-refractivity contribution < 1.29 is 4.63 Å². The van der Waals surface area contributed by atoms with Crippen LogP contribution in [0.2, 0.25) is 0 Å². The van der Waals surface area contributed by atoms with E-state index in [1.165, 1.54) is 5.39 Å². The summed E-state index contributed by atoms with van der Waals surface area (Å²) in [6.07, 6.45) is 1.60. The smallest absolute Gasteiger partial charge is 0.199 e. The topological polar surface area (TPSA) is 116 Å². The lowest BCUT2D eigenvalue weighted by molar-refractivity contribution is 0.308. The molecule has 21 heavy (non-hydrogen) atoms. The summed E-state index contributed by atoms with van der Waals surface area (Å²) in [4.78, 5) is 0. The number of nitrogen functional groups attached to an aromatic ring is 1. The van der Waals surface area contributed by atoms with E-state index in [1.54, 1.807) is 6.21 Å². The lowest BCUT2D eigenvalue weighted by Crippen LogP contribution is -2.15. The van der Waals surface area contributed by atoms with Gasteiger partial charge in [0.1, 0.15) is 0 Å². The molecule has 0 fully saturated rings. The number of rotatable bonds is 3. The van der Waals surface area contributed by atoms with E-state index in [0.717, 1.165) is 10.9 Å². The van der Waals surface area contributed by atoms with Gasteiger partial charge in [-0.25, -0.2) is 4.63 Å². The molecule has 0 aliphatic rings. The van der Waals surface area contributed by atoms with E-state index in [-0.39, 0.29) is 17.3 Å². The highest BCUT2D eigenvalue weighted by Crippen LogP contribution is 2.14. The van der Waals surface area contributed by atoms with Gasteiger partial charge in [0.25, 0.3) is 0 Å². The van der Waals surface area contributed by atoms with Crippen molar-refractivity contribution in [3.8, 4) is 0 Å². The molecule has 0 unspecified atom stereocenters. The molecular formula is C14H12N6O. The molecule has 7 nitrogen and oxygen atoms in total. The fourth-order valence-corrected chi connectivity index (χ4v) is 1.87. The Bertz CT molecular complexity index is 836. The number of benzene rings is 2. The molecule has 0 aliphatic heterocycles. The van der Waals surface area contributed by atoms with E-state index in [0.29, 0.717) is 0 Å². The Balaban J connectivity index is 1.83. The van der Waals surface area contributed by atoms with Crippen LogP contribution in [-0.2, 0) is 0 Å². The van der Waals surface area contributed by atoms with Crippen molar-refractivity contribution in [1.82, 2.24) is 10.3 Å². The predicted molar refractivity (Wildman–Crippen MR) is 81.0 cm³/mol. The second kappa shape index (κ2) is 5.41. The first-order valence-corrected chi connectivity index (χ1v) is 6.18. The number of amidine groups is 1. The Kier molecular flexibility index (Phi) is 3.30. The van der Waals surface area contributed by atoms with Crippen LogP contribution in [-0.4, -0.2) is 22.4 Å². The molecule has 0 spiro atoms. The lowest BCUT2D eigenvalue weighted by atomic mass is 10.1. The van der Waals surface area contributed by atoms with Crippen LogP contribution in [0.5, 0.6) is 0 Å². The van der Waals surface area contributed by atoms with Gasteiger partial charge in [0.15, 0.2) is 17.3 Å². The normalized spacial score (nSPS) is 12.3. The first kappa shape index (κ1) is 12.8. The number of hydrogen-bond acceptors (Lipinski definition) is 6. The van der Waals surface area contributed by atoms with Crippen LogP contribution in [0.1, 0.15) is 11.3 Å². The summed E-state index contributed by atoms with van der Waals surface area (Å²) >= 11 is 0. The van der Waals surface area contributed by atoms with Crippen LogP contribution in [0.3, 0.4) is 0 Å². The molecule has 1 aromatic heterocycles. The van der Waals surface area contributed by atoms with Crippen LogP contribution in [0, 0.1) is 0 Å². The molecule has 0 radical (unpaired) electrons. The van der Waals surface area contributed by atoms with Crippen LogP contribution in [0.25, 0.3) is 10.8 Å². The van der Waals surface area contributed by atoms with Gasteiger partial charge in [-0.15, -0.1) is 5.10 Å². The van der Waals surface area contributed by atoms with Crippen molar-refractivity contribution in [2.45, 2.75) is 0 Å². The number of nitrogens with two attached hydrogens (primary N) is 2. The number of nitrogens with zero attached hydrogens (tertiary/aromatic N) is 4. The molecule has 7 heteroatoms. The molecule has 104 valence electrons. The van der Waals surface area contributed by atoms with Gasteiger partial charge in [-0.3, -0.25) is 0 Å². The fourth-order valence-electron chi connectivity index (χ4n) is 1.87. The maximum Gasteiger partial charge on any atom is 0.199 e. The summed E-state index contributed by atoms with van der Waals surface area (Å²) in [5, 5.41) is 17.0. The third kappa shape index (κ3) is 2.71. The van der Waals surface area contributed by atoms with Crippen molar-refractivity contribution in [1.29, 1.82) is 0 Å². The maximum atomic E-state index is 5.69. The number of hydrogen-bond donors (Lipinski definition) is 2. The second-order valence-corrected chi connectivity index (χ2v) is 4.33. The molecule has 0 aliphatic carbocycles. The minimum Gasteiger partial charge on any atom is -0.380 e. The molecular weight excluding hydrogens is 268 g/mol. The van der Waals surface area contributed by atoms with Gasteiger partial charge in [-0.05, 0) is 32.7 Å². The van der Waals surface area contributed by atoms with E-state index < -0.39 is 0 Å². The predicted octanol–water partition coefficient (Wildman–Crippen LogP) is 1.54. The molecule has 3 aromatic rings. The van der Waals surface area contributed by atoms with E-state index in [1.807, 2.05) is 42.5 Å². The summed E-state index contributed by atoms with van der Waals surface area (Å²) in [7, 11) is 0. The van der Waals surface area contributed by atoms with Gasteiger partial charge in [0, 0.05) is 0 Å². The highest BCUT2D eigenvalue weighted by molar-refractivity contribution is 5.99. The largest absolute Gasteiger partial charge is 0.380 e. The molecule has 0 atom stereocenters. The Morgan fingerprint density at radius 3 is 2.67 bits per heavy atom. The minimum absolute atomic E-state index is 0.0470. The first-order chi connectivity index (χ1) is 10.2. The molecule has 1 heterocycles. The fraction of sp³-hybridized carbons (Fsp3) is 0. The number of fused-ring (bicyclic) bond motifs is 1. The van der Waals surface area contributed by atoms with Crippen LogP contribution in [0.4, 0.5) is 5.82 Å². The number of aromatic nitrogens is 2. The van der Waals surface area contributed by atoms with Crippen LogP contribution in [0.15, 0.2) is 57.3 Å². The van der Waals surface area contributed by atoms with Gasteiger partial charge in [-0.2, -0.15) is 5.10 Å². The Morgan fingerprint density at radius 2 is 1.90 bits per heavy atom. The highest BCUT2D eigenvalue weighted by atomic mass is 16.6. The lowest BCUT2D eigenvalue weighted by Gasteiger charge is -1.98. The molecule has 4 N–H and O–H groups in total. The summed E-state index contributed by atoms with van der Waals surface area (Å²) < 4.78 is 4.44. The molecule has 0 amide bonds. The molecule has 2 aromatic carbocycles. The van der Waals surface area contributed by atoms with Gasteiger partial charge in [0.05, 0.1) is 6.21 Å². The Hall–Kier alpha value is -3.22. The van der Waals surface area contributed by atoms with Gasteiger partial charge in [-0.1, -0.05) is 36.4 Å². The van der Waals surface area contributed by atoms with Crippen molar-refractivity contribution in [3.63, 3.8) is 0 Å². The Morgan fingerprint density at radius 1 is 1.10 bits per heavy atom. The Labute approximate surface area is 119 Å². The van der Waals surface area contributed by atoms with Gasteiger partial charge < -0.3 is 11.5 Å². The average Bonchev–Trinajstić information content (AvgIpc) is 2.93. The van der Waals surface area contributed by atoms with Crippen molar-refractivity contribution in [2.75, 3.05) is 5.73 Å².